The van der Waals surface area contributed by atoms with Crippen molar-refractivity contribution in [1.29, 1.82) is 0 Å². The van der Waals surface area contributed by atoms with Gasteiger partial charge in [-0.05, 0) is 19.9 Å². The number of hydrogen-bond donors (Lipinski definition) is 0. The molecule has 2 aliphatic heterocycles. The Morgan fingerprint density at radius 3 is 2.73 bits per heavy atom. The highest BCUT2D eigenvalue weighted by molar-refractivity contribution is 5.74. The number of rotatable bonds is 2. The molecule has 3 heterocycles. The predicted octanol–water partition coefficient (Wildman–Crippen LogP) is 0.687. The van der Waals surface area contributed by atoms with E-state index in [-0.39, 0.29) is 12.1 Å². The summed E-state index contributed by atoms with van der Waals surface area (Å²) in [6.45, 7) is 4.94. The van der Waals surface area contributed by atoms with Crippen LogP contribution < -0.4 is 4.74 Å². The quantitative estimate of drug-likeness (QED) is 0.804. The van der Waals surface area contributed by atoms with Gasteiger partial charge in [-0.1, -0.05) is 0 Å². The second-order valence-corrected chi connectivity index (χ2v) is 5.94. The first kappa shape index (κ1) is 15.0. The summed E-state index contributed by atoms with van der Waals surface area (Å²) < 4.78 is 5.85. The molecule has 2 amide bonds. The van der Waals surface area contributed by atoms with Gasteiger partial charge in [0.05, 0.1) is 12.7 Å². The smallest absolute Gasteiger partial charge is 0.320 e. The van der Waals surface area contributed by atoms with Crippen LogP contribution in [0.5, 0.6) is 5.88 Å². The number of hydrogen-bond acceptors (Lipinski definition) is 5. The van der Waals surface area contributed by atoms with E-state index in [0.717, 1.165) is 45.6 Å². The normalized spacial score (nSPS) is 23.4. The zero-order valence-electron chi connectivity index (χ0n) is 13.0. The number of carbonyl (C=O) groups excluding carboxylic acids is 1. The van der Waals surface area contributed by atoms with Crippen molar-refractivity contribution in [3.63, 3.8) is 0 Å². The minimum atomic E-state index is 0.00173. The molecule has 1 atom stereocenters. The monoisotopic (exact) mass is 305 g/mol. The van der Waals surface area contributed by atoms with Gasteiger partial charge in [-0.3, -0.25) is 4.98 Å². The Morgan fingerprint density at radius 2 is 2.00 bits per heavy atom. The molecule has 0 aromatic carbocycles. The van der Waals surface area contributed by atoms with E-state index in [2.05, 4.69) is 21.9 Å². The Morgan fingerprint density at radius 1 is 1.18 bits per heavy atom. The highest BCUT2D eigenvalue weighted by Gasteiger charge is 2.29. The number of amides is 2. The fourth-order valence-electron chi connectivity index (χ4n) is 2.92. The maximum atomic E-state index is 12.6. The van der Waals surface area contributed by atoms with E-state index in [4.69, 9.17) is 4.74 Å². The van der Waals surface area contributed by atoms with Crippen molar-refractivity contribution in [2.75, 3.05) is 46.3 Å². The first-order chi connectivity index (χ1) is 10.7. The second kappa shape index (κ2) is 6.91. The average molecular weight is 305 g/mol. The van der Waals surface area contributed by atoms with Crippen LogP contribution in [-0.4, -0.2) is 83.1 Å². The highest BCUT2D eigenvalue weighted by atomic mass is 16.5. The van der Waals surface area contributed by atoms with Gasteiger partial charge in [0, 0.05) is 45.1 Å². The first-order valence-electron chi connectivity index (χ1n) is 7.87. The summed E-state index contributed by atoms with van der Waals surface area (Å²) in [7, 11) is 2.09. The van der Waals surface area contributed by atoms with Gasteiger partial charge in [0.25, 0.3) is 0 Å². The molecule has 120 valence electrons. The van der Waals surface area contributed by atoms with E-state index >= 15 is 0 Å². The van der Waals surface area contributed by atoms with E-state index in [0.29, 0.717) is 12.4 Å². The standard InChI is InChI=1S/C15H23N5O2/c1-18-7-9-19(10-8-18)15(21)20-6-2-3-13(12-20)22-14-11-16-4-5-17-14/h4-5,11,13H,2-3,6-10,12H2,1H3/t13-/m1/s1. The second-order valence-electron chi connectivity index (χ2n) is 5.94. The van der Waals surface area contributed by atoms with Crippen molar-refractivity contribution in [3.05, 3.63) is 18.6 Å². The van der Waals surface area contributed by atoms with Gasteiger partial charge in [0.15, 0.2) is 0 Å². The van der Waals surface area contributed by atoms with Crippen molar-refractivity contribution < 1.29 is 9.53 Å². The summed E-state index contributed by atoms with van der Waals surface area (Å²) in [5, 5.41) is 0. The van der Waals surface area contributed by atoms with Gasteiger partial charge in [0.1, 0.15) is 6.10 Å². The number of piperidine rings is 1. The Balaban J connectivity index is 1.55. The highest BCUT2D eigenvalue weighted by Crippen LogP contribution is 2.17. The molecule has 0 saturated carbocycles. The summed E-state index contributed by atoms with van der Waals surface area (Å²) in [6, 6.07) is 0.139. The third-order valence-electron chi connectivity index (χ3n) is 4.25. The fraction of sp³-hybridized carbons (Fsp3) is 0.667. The van der Waals surface area contributed by atoms with E-state index in [1.165, 1.54) is 0 Å². The maximum absolute atomic E-state index is 12.6. The van der Waals surface area contributed by atoms with E-state index < -0.39 is 0 Å². The van der Waals surface area contributed by atoms with Gasteiger partial charge in [0.2, 0.25) is 5.88 Å². The summed E-state index contributed by atoms with van der Waals surface area (Å²) in [5.41, 5.74) is 0. The summed E-state index contributed by atoms with van der Waals surface area (Å²) in [4.78, 5) is 26.9. The van der Waals surface area contributed by atoms with Gasteiger partial charge < -0.3 is 19.4 Å². The number of aromatic nitrogens is 2. The fourth-order valence-corrected chi connectivity index (χ4v) is 2.92. The number of likely N-dealkylation sites (N-methyl/N-ethyl adjacent to an activating group) is 1. The van der Waals surface area contributed by atoms with Crippen LogP contribution >= 0.6 is 0 Å². The molecule has 22 heavy (non-hydrogen) atoms. The minimum Gasteiger partial charge on any atom is -0.471 e. The average Bonchev–Trinajstić information content (AvgIpc) is 2.56. The molecule has 0 aliphatic carbocycles. The lowest BCUT2D eigenvalue weighted by Gasteiger charge is -2.39. The molecular weight excluding hydrogens is 282 g/mol. The van der Waals surface area contributed by atoms with Crippen LogP contribution in [0.2, 0.25) is 0 Å². The number of piperazine rings is 1. The lowest BCUT2D eigenvalue weighted by atomic mass is 10.1. The zero-order valence-corrected chi connectivity index (χ0v) is 13.0. The lowest BCUT2D eigenvalue weighted by Crippen LogP contribution is -2.54. The molecule has 3 rings (SSSR count). The maximum Gasteiger partial charge on any atom is 0.320 e. The number of carbonyl (C=O) groups is 1. The summed E-state index contributed by atoms with van der Waals surface area (Å²) in [5.74, 6) is 0.529. The molecule has 2 saturated heterocycles. The minimum absolute atomic E-state index is 0.00173. The van der Waals surface area contributed by atoms with Crippen LogP contribution in [0.1, 0.15) is 12.8 Å². The Bertz CT molecular complexity index is 490. The Labute approximate surface area is 130 Å². The van der Waals surface area contributed by atoms with Crippen LogP contribution in [0.4, 0.5) is 4.79 Å². The number of urea groups is 1. The molecule has 2 aliphatic rings. The molecule has 2 fully saturated rings. The van der Waals surface area contributed by atoms with Crippen LogP contribution in [0.3, 0.4) is 0 Å². The molecule has 0 bridgehead atoms. The van der Waals surface area contributed by atoms with Crippen molar-refractivity contribution in [2.24, 2.45) is 0 Å². The summed E-state index contributed by atoms with van der Waals surface area (Å²) >= 11 is 0. The lowest BCUT2D eigenvalue weighted by molar-refractivity contribution is 0.0729. The Hall–Kier alpha value is -1.89. The largest absolute Gasteiger partial charge is 0.471 e. The van der Waals surface area contributed by atoms with Gasteiger partial charge >= 0.3 is 6.03 Å². The predicted molar refractivity (Wildman–Crippen MR) is 81.7 cm³/mol. The SMILES string of the molecule is CN1CCN(C(=O)N2CCC[C@@H](Oc3cnccn3)C2)CC1. The van der Waals surface area contributed by atoms with E-state index in [1.807, 2.05) is 9.80 Å². The number of nitrogens with zero attached hydrogens (tertiary/aromatic N) is 5. The van der Waals surface area contributed by atoms with Crippen molar-refractivity contribution in [2.45, 2.75) is 18.9 Å². The number of likely N-dealkylation sites (tertiary alicyclic amines) is 1. The molecule has 7 nitrogen and oxygen atoms in total. The zero-order chi connectivity index (χ0) is 15.4. The molecule has 0 unspecified atom stereocenters. The van der Waals surface area contributed by atoms with Crippen LogP contribution in [-0.2, 0) is 0 Å². The van der Waals surface area contributed by atoms with Crippen molar-refractivity contribution >= 4 is 6.03 Å². The molecule has 0 N–H and O–H groups in total. The van der Waals surface area contributed by atoms with Crippen LogP contribution in [0, 0.1) is 0 Å². The van der Waals surface area contributed by atoms with Gasteiger partial charge in [-0.2, -0.15) is 0 Å². The van der Waals surface area contributed by atoms with E-state index in [9.17, 15) is 4.79 Å². The van der Waals surface area contributed by atoms with Crippen molar-refractivity contribution in [3.8, 4) is 5.88 Å². The first-order valence-corrected chi connectivity index (χ1v) is 7.87. The van der Waals surface area contributed by atoms with Crippen molar-refractivity contribution in [1.82, 2.24) is 24.7 Å². The molecule has 1 aromatic rings. The molecule has 0 radical (unpaired) electrons. The molecule has 0 spiro atoms. The topological polar surface area (TPSA) is 61.8 Å². The summed E-state index contributed by atoms with van der Waals surface area (Å²) in [6.07, 6.45) is 6.76. The number of ether oxygens (including phenoxy) is 1. The van der Waals surface area contributed by atoms with Gasteiger partial charge in [-0.25, -0.2) is 9.78 Å². The van der Waals surface area contributed by atoms with Gasteiger partial charge in [-0.15, -0.1) is 0 Å². The molecule has 7 heteroatoms. The van der Waals surface area contributed by atoms with Crippen LogP contribution in [0.25, 0.3) is 0 Å². The molecule has 1 aromatic heterocycles. The van der Waals surface area contributed by atoms with E-state index in [1.54, 1.807) is 18.6 Å². The van der Waals surface area contributed by atoms with Crippen LogP contribution in [0.15, 0.2) is 18.6 Å². The third kappa shape index (κ3) is 3.65. The molecular formula is C15H23N5O2. The Kier molecular flexibility index (Phi) is 4.72. The third-order valence-corrected chi connectivity index (χ3v) is 4.25.